The van der Waals surface area contributed by atoms with E-state index < -0.39 is 17.7 Å². The number of rotatable bonds is 3. The van der Waals surface area contributed by atoms with Gasteiger partial charge in [-0.15, -0.1) is 0 Å². The highest BCUT2D eigenvalue weighted by Crippen LogP contribution is 2.36. The average molecular weight is 352 g/mol. The molecule has 0 saturated carbocycles. The van der Waals surface area contributed by atoms with E-state index in [1.54, 1.807) is 75.4 Å². The van der Waals surface area contributed by atoms with Gasteiger partial charge in [-0.25, -0.2) is 4.79 Å². The molecular formula is C21H20O5. The normalized spacial score (nSPS) is 18.1. The fraction of sp³-hybridized carbons (Fsp3) is 0.238. The fourth-order valence-corrected chi connectivity index (χ4v) is 2.64. The number of carbonyl (C=O) groups is 2. The van der Waals surface area contributed by atoms with Crippen LogP contribution in [0.4, 0.5) is 0 Å². The first kappa shape index (κ1) is 18.0. The molecule has 0 bridgehead atoms. The van der Waals surface area contributed by atoms with E-state index in [1.165, 1.54) is 0 Å². The summed E-state index contributed by atoms with van der Waals surface area (Å²) in [5.74, 6) is -0.779. The van der Waals surface area contributed by atoms with Gasteiger partial charge in [0.05, 0.1) is 5.56 Å². The third kappa shape index (κ3) is 3.74. The minimum atomic E-state index is -0.941. The quantitative estimate of drug-likeness (QED) is 0.515. The fourth-order valence-electron chi connectivity index (χ4n) is 2.64. The highest BCUT2D eigenvalue weighted by molar-refractivity contribution is 6.16. The van der Waals surface area contributed by atoms with Gasteiger partial charge in [-0.1, -0.05) is 36.4 Å². The van der Waals surface area contributed by atoms with Crippen molar-refractivity contribution < 1.29 is 24.5 Å². The van der Waals surface area contributed by atoms with Crippen LogP contribution in [0.3, 0.4) is 0 Å². The molecule has 26 heavy (non-hydrogen) atoms. The zero-order valence-electron chi connectivity index (χ0n) is 14.9. The van der Waals surface area contributed by atoms with Crippen LogP contribution in [0.5, 0.6) is 0 Å². The summed E-state index contributed by atoms with van der Waals surface area (Å²) < 4.78 is 0. The maximum absolute atomic E-state index is 12.4. The summed E-state index contributed by atoms with van der Waals surface area (Å²) in [7, 11) is 0. The molecule has 1 unspecified atom stereocenters. The number of hydrogen-bond acceptors (Lipinski definition) is 5. The molecule has 0 fully saturated rings. The molecule has 0 heterocycles. The number of hydrogen-bond donors (Lipinski definition) is 1. The molecule has 3 rings (SSSR count). The maximum atomic E-state index is 12.4. The number of aliphatic hydroxyl groups is 1. The van der Waals surface area contributed by atoms with Crippen molar-refractivity contribution in [2.24, 2.45) is 0 Å². The molecule has 0 spiro atoms. The topological polar surface area (TPSA) is 72.8 Å². The van der Waals surface area contributed by atoms with Gasteiger partial charge in [0.1, 0.15) is 11.7 Å². The van der Waals surface area contributed by atoms with Gasteiger partial charge in [0.2, 0.25) is 0 Å². The molecule has 2 aromatic rings. The highest BCUT2D eigenvalue weighted by Gasteiger charge is 2.32. The van der Waals surface area contributed by atoms with Crippen LogP contribution < -0.4 is 0 Å². The number of fused-ring (bicyclic) bond motifs is 1. The molecule has 1 atom stereocenters. The van der Waals surface area contributed by atoms with E-state index in [-0.39, 0.29) is 5.78 Å². The first-order valence-electron chi connectivity index (χ1n) is 8.29. The summed E-state index contributed by atoms with van der Waals surface area (Å²) >= 11 is 0. The van der Waals surface area contributed by atoms with Gasteiger partial charge in [-0.05, 0) is 50.1 Å². The summed E-state index contributed by atoms with van der Waals surface area (Å²) in [6.45, 7) is 5.33. The van der Waals surface area contributed by atoms with E-state index in [0.29, 0.717) is 27.8 Å². The molecule has 0 aromatic heterocycles. The third-order valence-electron chi connectivity index (χ3n) is 3.89. The Morgan fingerprint density at radius 1 is 1.08 bits per heavy atom. The van der Waals surface area contributed by atoms with Crippen molar-refractivity contribution in [2.75, 3.05) is 0 Å². The van der Waals surface area contributed by atoms with Crippen molar-refractivity contribution in [1.29, 1.82) is 0 Å². The highest BCUT2D eigenvalue weighted by atomic mass is 17.2. The number of carbonyl (C=O) groups excluding carboxylic acids is 2. The summed E-state index contributed by atoms with van der Waals surface area (Å²) in [6, 6.07) is 13.5. The summed E-state index contributed by atoms with van der Waals surface area (Å²) in [6.07, 6.45) is 0.692. The molecule has 2 aromatic carbocycles. The van der Waals surface area contributed by atoms with Crippen LogP contribution in [-0.2, 0) is 9.78 Å². The minimum Gasteiger partial charge on any atom is -0.383 e. The lowest BCUT2D eigenvalue weighted by molar-refractivity contribution is -0.301. The Hall–Kier alpha value is -2.76. The first-order valence-corrected chi connectivity index (χ1v) is 8.29. The van der Waals surface area contributed by atoms with Crippen LogP contribution in [0.2, 0.25) is 0 Å². The molecule has 0 radical (unpaired) electrons. The van der Waals surface area contributed by atoms with Crippen LogP contribution in [0.25, 0.3) is 6.08 Å². The van der Waals surface area contributed by atoms with E-state index >= 15 is 0 Å². The standard InChI is InChI=1S/C21H20O5/c1-21(2,3)26-25-20(24)14-10-8-13(9-11-14)12-17-18(22)15-6-4-5-7-16(15)19(17)23/h4-12,18,22H,1-3H3/b17-12+. The van der Waals surface area contributed by atoms with Crippen LogP contribution in [0, 0.1) is 0 Å². The van der Waals surface area contributed by atoms with Gasteiger partial charge in [-0.3, -0.25) is 9.68 Å². The molecular weight excluding hydrogens is 332 g/mol. The van der Waals surface area contributed by atoms with Crippen molar-refractivity contribution in [2.45, 2.75) is 32.5 Å². The van der Waals surface area contributed by atoms with Gasteiger partial charge in [0, 0.05) is 11.1 Å². The second-order valence-electron chi connectivity index (χ2n) is 7.11. The predicted octanol–water partition coefficient (Wildman–Crippen LogP) is 3.89. The lowest BCUT2D eigenvalue weighted by Crippen LogP contribution is -2.21. The molecule has 134 valence electrons. The number of Topliss-reactive ketones (excluding diaryl/α,β-unsaturated/α-hetero) is 1. The van der Waals surface area contributed by atoms with Gasteiger partial charge >= 0.3 is 5.97 Å². The summed E-state index contributed by atoms with van der Waals surface area (Å²) in [4.78, 5) is 34.2. The lowest BCUT2D eigenvalue weighted by Gasteiger charge is -2.16. The van der Waals surface area contributed by atoms with Gasteiger partial charge in [0.15, 0.2) is 5.78 Å². The molecule has 1 N–H and O–H groups in total. The Bertz CT molecular complexity index is 872. The SMILES string of the molecule is CC(C)(C)OOC(=O)c1ccc(/C=C2/C(=O)c3ccccc3C2O)cc1. The summed E-state index contributed by atoms with van der Waals surface area (Å²) in [5.41, 5.74) is 1.90. The lowest BCUT2D eigenvalue weighted by atomic mass is 10.0. The Kier molecular flexibility index (Phi) is 4.76. The maximum Gasteiger partial charge on any atom is 0.373 e. The molecule has 0 saturated heterocycles. The molecule has 0 amide bonds. The molecule has 5 heteroatoms. The molecule has 5 nitrogen and oxygen atoms in total. The van der Waals surface area contributed by atoms with E-state index in [0.717, 1.165) is 0 Å². The van der Waals surface area contributed by atoms with E-state index in [1.807, 2.05) is 0 Å². The second kappa shape index (κ2) is 6.86. The largest absolute Gasteiger partial charge is 0.383 e. The molecule has 0 aliphatic heterocycles. The van der Waals surface area contributed by atoms with Crippen LogP contribution in [0.1, 0.15) is 58.7 Å². The zero-order valence-corrected chi connectivity index (χ0v) is 14.9. The Labute approximate surface area is 151 Å². The predicted molar refractivity (Wildman–Crippen MR) is 96.4 cm³/mol. The van der Waals surface area contributed by atoms with Gasteiger partial charge in [-0.2, -0.15) is 4.89 Å². The van der Waals surface area contributed by atoms with Crippen LogP contribution >= 0.6 is 0 Å². The van der Waals surface area contributed by atoms with Crippen molar-refractivity contribution in [3.05, 3.63) is 76.4 Å². The summed E-state index contributed by atoms with van der Waals surface area (Å²) in [5, 5.41) is 10.4. The van der Waals surface area contributed by atoms with Crippen molar-refractivity contribution in [3.8, 4) is 0 Å². The Balaban J connectivity index is 1.77. The Morgan fingerprint density at radius 2 is 1.73 bits per heavy atom. The van der Waals surface area contributed by atoms with Crippen LogP contribution in [-0.4, -0.2) is 22.5 Å². The van der Waals surface area contributed by atoms with Crippen molar-refractivity contribution in [1.82, 2.24) is 0 Å². The van der Waals surface area contributed by atoms with Crippen LogP contribution in [0.15, 0.2) is 54.1 Å². The zero-order chi connectivity index (χ0) is 18.9. The van der Waals surface area contributed by atoms with E-state index in [4.69, 9.17) is 9.78 Å². The second-order valence-corrected chi connectivity index (χ2v) is 7.11. The molecule has 1 aliphatic carbocycles. The minimum absolute atomic E-state index is 0.185. The van der Waals surface area contributed by atoms with Gasteiger partial charge in [0.25, 0.3) is 0 Å². The van der Waals surface area contributed by atoms with Crippen molar-refractivity contribution >= 4 is 17.8 Å². The van der Waals surface area contributed by atoms with Crippen molar-refractivity contribution in [3.63, 3.8) is 0 Å². The van der Waals surface area contributed by atoms with Gasteiger partial charge < -0.3 is 5.11 Å². The third-order valence-corrected chi connectivity index (χ3v) is 3.89. The number of aliphatic hydroxyl groups excluding tert-OH is 1. The van der Waals surface area contributed by atoms with E-state index in [2.05, 4.69) is 0 Å². The monoisotopic (exact) mass is 352 g/mol. The number of ketones is 1. The Morgan fingerprint density at radius 3 is 2.35 bits per heavy atom. The first-order chi connectivity index (χ1) is 12.3. The van der Waals surface area contributed by atoms with E-state index in [9.17, 15) is 14.7 Å². The smallest absolute Gasteiger partial charge is 0.373 e. The molecule has 1 aliphatic rings. The number of benzene rings is 2. The average Bonchev–Trinajstić information content (AvgIpc) is 2.85.